The van der Waals surface area contributed by atoms with E-state index in [-0.39, 0.29) is 17.9 Å². The van der Waals surface area contributed by atoms with Crippen LogP contribution in [0.25, 0.3) is 16.9 Å². The molecule has 4 rings (SSSR count). The summed E-state index contributed by atoms with van der Waals surface area (Å²) in [6.07, 6.45) is 1.60. The number of carboxylic acid groups (broad SMARTS) is 1. The lowest BCUT2D eigenvalue weighted by Crippen LogP contribution is -2.22. The second-order valence-corrected chi connectivity index (χ2v) is 7.66. The zero-order valence-electron chi connectivity index (χ0n) is 17.9. The van der Waals surface area contributed by atoms with Crippen LogP contribution in [0.1, 0.15) is 22.0 Å². The predicted molar refractivity (Wildman–Crippen MR) is 126 cm³/mol. The maximum Gasteiger partial charge on any atom is 0.339 e. The molecule has 2 aromatic heterocycles. The predicted octanol–water partition coefficient (Wildman–Crippen LogP) is 3.90. The number of hydrogen-bond donors (Lipinski definition) is 3. The molecule has 0 saturated carbocycles. The van der Waals surface area contributed by atoms with Gasteiger partial charge in [-0.2, -0.15) is 0 Å². The van der Waals surface area contributed by atoms with E-state index in [1.807, 2.05) is 12.1 Å². The fraction of sp³-hybridized carbons (Fsp3) is 0.174. The number of methoxy groups -OCH3 is 2. The number of benzene rings is 2. The minimum atomic E-state index is -1.10. The Bertz CT molecular complexity index is 1320. The number of aromatic carboxylic acids is 1. The van der Waals surface area contributed by atoms with Crippen molar-refractivity contribution in [2.75, 3.05) is 26.1 Å². The molecule has 0 aliphatic carbocycles. The van der Waals surface area contributed by atoms with E-state index < -0.39 is 12.0 Å². The summed E-state index contributed by atoms with van der Waals surface area (Å²) in [4.78, 5) is 20.7. The van der Waals surface area contributed by atoms with Crippen LogP contribution < -0.4 is 20.5 Å². The fourth-order valence-electron chi connectivity index (χ4n) is 3.47. The molecule has 0 bridgehead atoms. The smallest absolute Gasteiger partial charge is 0.339 e. The van der Waals surface area contributed by atoms with E-state index >= 15 is 0 Å². The van der Waals surface area contributed by atoms with E-state index in [0.29, 0.717) is 27.9 Å². The third-order valence-electron chi connectivity index (χ3n) is 5.18. The van der Waals surface area contributed by atoms with Gasteiger partial charge in [-0.3, -0.25) is 4.57 Å². The van der Waals surface area contributed by atoms with E-state index in [0.717, 1.165) is 11.1 Å². The maximum atomic E-state index is 11.8. The number of carbonyl (C=O) groups is 1. The largest absolute Gasteiger partial charge is 0.493 e. The van der Waals surface area contributed by atoms with Gasteiger partial charge >= 0.3 is 5.97 Å². The fourth-order valence-corrected chi connectivity index (χ4v) is 3.67. The third-order valence-corrected chi connectivity index (χ3v) is 5.41. The van der Waals surface area contributed by atoms with Crippen molar-refractivity contribution in [3.63, 3.8) is 0 Å². The highest BCUT2D eigenvalue weighted by Crippen LogP contribution is 2.32. The van der Waals surface area contributed by atoms with Crippen molar-refractivity contribution in [3.8, 4) is 17.3 Å². The summed E-state index contributed by atoms with van der Waals surface area (Å²) in [5.41, 5.74) is 8.52. The molecular formula is C23H22ClN5O4. The monoisotopic (exact) mass is 467 g/mol. The lowest BCUT2D eigenvalue weighted by atomic mass is 10.1. The summed E-state index contributed by atoms with van der Waals surface area (Å²) < 4.78 is 12.5. The van der Waals surface area contributed by atoms with Crippen LogP contribution in [0.2, 0.25) is 5.02 Å². The minimum Gasteiger partial charge on any atom is -0.493 e. The molecule has 4 aromatic rings. The number of hydrogen-bond acceptors (Lipinski definition) is 7. The van der Waals surface area contributed by atoms with Crippen molar-refractivity contribution < 1.29 is 19.4 Å². The van der Waals surface area contributed by atoms with Crippen molar-refractivity contribution in [2.24, 2.45) is 5.73 Å². The number of fused-ring (bicyclic) bond motifs is 1. The molecule has 0 unspecified atom stereocenters. The Hall–Kier alpha value is -3.82. The Labute approximate surface area is 194 Å². The molecule has 10 heteroatoms. The van der Waals surface area contributed by atoms with Gasteiger partial charge in [-0.1, -0.05) is 23.7 Å². The Morgan fingerprint density at radius 3 is 2.64 bits per heavy atom. The van der Waals surface area contributed by atoms with Gasteiger partial charge < -0.3 is 25.6 Å². The van der Waals surface area contributed by atoms with Crippen molar-refractivity contribution in [3.05, 3.63) is 71.0 Å². The molecule has 0 aliphatic rings. The molecule has 0 aliphatic heterocycles. The summed E-state index contributed by atoms with van der Waals surface area (Å²) in [6.45, 7) is 0.257. The number of nitrogens with one attached hydrogen (secondary N) is 1. The highest BCUT2D eigenvalue weighted by Gasteiger charge is 2.17. The topological polar surface area (TPSA) is 125 Å². The van der Waals surface area contributed by atoms with E-state index in [2.05, 4.69) is 15.3 Å². The normalized spacial score (nSPS) is 11.9. The van der Waals surface area contributed by atoms with Gasteiger partial charge in [0, 0.05) is 29.7 Å². The van der Waals surface area contributed by atoms with Crippen LogP contribution in [-0.2, 0) is 0 Å². The van der Waals surface area contributed by atoms with Gasteiger partial charge in [0.1, 0.15) is 23.5 Å². The minimum absolute atomic E-state index is 0.0284. The molecule has 0 radical (unpaired) electrons. The van der Waals surface area contributed by atoms with Crippen LogP contribution in [0.15, 0.2) is 54.9 Å². The van der Waals surface area contributed by atoms with Crippen LogP contribution in [0.4, 0.5) is 5.82 Å². The molecule has 0 spiro atoms. The zero-order chi connectivity index (χ0) is 23.5. The lowest BCUT2D eigenvalue weighted by Gasteiger charge is -2.16. The summed E-state index contributed by atoms with van der Waals surface area (Å²) in [7, 11) is 3.11. The molecule has 0 amide bonds. The van der Waals surface area contributed by atoms with Crippen LogP contribution in [0.5, 0.6) is 11.5 Å². The number of ether oxygens (including phenoxy) is 2. The van der Waals surface area contributed by atoms with Crippen molar-refractivity contribution in [2.45, 2.75) is 6.04 Å². The second kappa shape index (κ2) is 9.35. The van der Waals surface area contributed by atoms with Crippen LogP contribution in [-0.4, -0.2) is 46.4 Å². The molecule has 0 fully saturated rings. The molecule has 1 atom stereocenters. The number of carboxylic acids is 1. The number of halogens is 1. The van der Waals surface area contributed by atoms with E-state index in [1.165, 1.54) is 6.07 Å². The number of anilines is 1. The Balaban J connectivity index is 1.68. The lowest BCUT2D eigenvalue weighted by molar-refractivity contribution is 0.0697. The molecule has 0 saturated heterocycles. The zero-order valence-corrected chi connectivity index (χ0v) is 18.7. The van der Waals surface area contributed by atoms with Crippen molar-refractivity contribution in [1.29, 1.82) is 0 Å². The van der Waals surface area contributed by atoms with Gasteiger partial charge in [0.05, 0.1) is 25.3 Å². The van der Waals surface area contributed by atoms with Crippen LogP contribution >= 0.6 is 11.6 Å². The number of rotatable bonds is 8. The first-order valence-corrected chi connectivity index (χ1v) is 10.4. The van der Waals surface area contributed by atoms with Gasteiger partial charge in [-0.25, -0.2) is 14.8 Å². The first kappa shape index (κ1) is 22.4. The van der Waals surface area contributed by atoms with Gasteiger partial charge in [-0.05, 0) is 29.8 Å². The van der Waals surface area contributed by atoms with Crippen LogP contribution in [0.3, 0.4) is 0 Å². The average molecular weight is 468 g/mol. The molecule has 2 aromatic carbocycles. The summed E-state index contributed by atoms with van der Waals surface area (Å²) in [5.74, 6) is 0.671. The average Bonchev–Trinajstić information content (AvgIpc) is 3.24. The third kappa shape index (κ3) is 4.55. The number of aromatic nitrogens is 3. The molecule has 33 heavy (non-hydrogen) atoms. The number of pyridine rings is 1. The van der Waals surface area contributed by atoms with Crippen LogP contribution in [0, 0.1) is 0 Å². The van der Waals surface area contributed by atoms with E-state index in [4.69, 9.17) is 26.8 Å². The molecule has 9 nitrogen and oxygen atoms in total. The number of imidazole rings is 1. The number of nitrogens with two attached hydrogens (primary N) is 1. The van der Waals surface area contributed by atoms with E-state index in [9.17, 15) is 9.90 Å². The van der Waals surface area contributed by atoms with Crippen molar-refractivity contribution >= 4 is 34.4 Å². The molecule has 2 heterocycles. The first-order valence-electron chi connectivity index (χ1n) is 10.00. The first-order chi connectivity index (χ1) is 15.9. The second-order valence-electron chi connectivity index (χ2n) is 7.22. The standard InChI is InChI=1S/C23H22ClN5O4/c1-32-19-9-17-18(10-20(19)33-2)29(12-27-17)21-7-6-15(23(30)31)22(28-21)26-11-16(25)13-4-3-5-14(24)8-13/h3-10,12,16H,11,25H2,1-2H3,(H,26,28)(H,30,31)/t16-/m0/s1. The van der Waals surface area contributed by atoms with Gasteiger partial charge in [0.25, 0.3) is 0 Å². The summed E-state index contributed by atoms with van der Waals surface area (Å²) in [5, 5.41) is 13.3. The SMILES string of the molecule is COc1cc2ncn(-c3ccc(C(=O)O)c(NC[C@H](N)c4cccc(Cl)c4)n3)c2cc1OC. The quantitative estimate of drug-likeness (QED) is 0.356. The van der Waals surface area contributed by atoms with Gasteiger partial charge in [-0.15, -0.1) is 0 Å². The summed E-state index contributed by atoms with van der Waals surface area (Å²) in [6, 6.07) is 13.4. The van der Waals surface area contributed by atoms with Crippen molar-refractivity contribution in [1.82, 2.24) is 14.5 Å². The Kier molecular flexibility index (Phi) is 6.34. The highest BCUT2D eigenvalue weighted by atomic mass is 35.5. The highest BCUT2D eigenvalue weighted by molar-refractivity contribution is 6.30. The Morgan fingerprint density at radius 2 is 1.94 bits per heavy atom. The van der Waals surface area contributed by atoms with Gasteiger partial charge in [0.2, 0.25) is 0 Å². The number of nitrogens with zero attached hydrogens (tertiary/aromatic N) is 3. The molecular weight excluding hydrogens is 446 g/mol. The Morgan fingerprint density at radius 1 is 1.18 bits per heavy atom. The molecule has 170 valence electrons. The van der Waals surface area contributed by atoms with E-state index in [1.54, 1.807) is 55.4 Å². The van der Waals surface area contributed by atoms with Gasteiger partial charge in [0.15, 0.2) is 11.5 Å². The summed E-state index contributed by atoms with van der Waals surface area (Å²) >= 11 is 6.05. The maximum absolute atomic E-state index is 11.8. The molecule has 4 N–H and O–H groups in total.